The molecule has 0 aromatic rings. The molecule has 0 aromatic heterocycles. The van der Waals surface area contributed by atoms with Crippen molar-refractivity contribution < 1.29 is 25.9 Å². The van der Waals surface area contributed by atoms with Gasteiger partial charge in [0.15, 0.2) is 0 Å². The minimum Gasteiger partial charge on any atom is -0.343 e. The van der Waals surface area contributed by atoms with Crippen LogP contribution in [-0.2, 0) is 25.9 Å². The molecule has 0 spiro atoms. The molecule has 0 saturated carbocycles. The van der Waals surface area contributed by atoms with E-state index in [4.69, 9.17) is 0 Å². The molecule has 64 valence electrons. The van der Waals surface area contributed by atoms with Gasteiger partial charge in [0.1, 0.15) is 6.29 Å². The normalized spacial score (nSPS) is 8.50. The van der Waals surface area contributed by atoms with Crippen molar-refractivity contribution >= 4 is 6.29 Å². The van der Waals surface area contributed by atoms with Gasteiger partial charge in [-0.2, -0.15) is 6.42 Å². The first-order valence-corrected chi connectivity index (χ1v) is 3.64. The van der Waals surface area contributed by atoms with Crippen molar-refractivity contribution in [3.8, 4) is 0 Å². The van der Waals surface area contributed by atoms with E-state index in [0.717, 1.165) is 25.5 Å². The van der Waals surface area contributed by atoms with Crippen molar-refractivity contribution in [3.63, 3.8) is 0 Å². The van der Waals surface area contributed by atoms with Gasteiger partial charge in [-0.3, -0.25) is 0 Å². The van der Waals surface area contributed by atoms with E-state index in [1.54, 1.807) is 0 Å². The maximum absolute atomic E-state index is 9.83. The Bertz CT molecular complexity index is 64.3. The van der Waals surface area contributed by atoms with Gasteiger partial charge in [-0.05, 0) is 6.42 Å². The average molecular weight is 322 g/mol. The molecule has 1 nitrogen and oxygen atoms in total. The quantitative estimate of drug-likeness (QED) is 0.417. The van der Waals surface area contributed by atoms with Gasteiger partial charge in [-0.1, -0.05) is 19.3 Å². The predicted molar refractivity (Wildman–Crippen MR) is 39.1 cm³/mol. The number of carbonyl (C=O) groups is 1. The maximum Gasteiger partial charge on any atom is 0.119 e. The summed E-state index contributed by atoms with van der Waals surface area (Å²) >= 11 is 0. The summed E-state index contributed by atoms with van der Waals surface area (Å²) in [7, 11) is 0. The third kappa shape index (κ3) is 11.2. The maximum atomic E-state index is 9.83. The molecule has 0 aliphatic rings. The van der Waals surface area contributed by atoms with Gasteiger partial charge in [-0.15, -0.1) is 0 Å². The van der Waals surface area contributed by atoms with E-state index in [1.165, 1.54) is 19.3 Å². The zero-order valence-corrected chi connectivity index (χ0v) is 8.52. The molecule has 0 fully saturated rings. The summed E-state index contributed by atoms with van der Waals surface area (Å²) in [5.74, 6) is 0. The van der Waals surface area contributed by atoms with Crippen molar-refractivity contribution in [3.05, 3.63) is 6.92 Å². The molecule has 0 amide bonds. The van der Waals surface area contributed by atoms with E-state index < -0.39 is 0 Å². The Labute approximate surface area is 77.8 Å². The predicted octanol–water partition coefficient (Wildman–Crippen LogP) is 2.36. The topological polar surface area (TPSA) is 17.1 Å². The molecule has 0 bridgehead atoms. The van der Waals surface area contributed by atoms with Crippen LogP contribution in [0.1, 0.15) is 38.5 Å². The fraction of sp³-hybridized carbons (Fsp3) is 0.750. The average Bonchev–Trinajstić information content (AvgIpc) is 1.89. The second-order valence-electron chi connectivity index (χ2n) is 2.22. The van der Waals surface area contributed by atoms with E-state index in [2.05, 4.69) is 6.92 Å². The Kier molecular flexibility index (Phi) is 15.7. The Balaban J connectivity index is 0. The second kappa shape index (κ2) is 12.1. The van der Waals surface area contributed by atoms with Gasteiger partial charge in [0.2, 0.25) is 0 Å². The summed E-state index contributed by atoms with van der Waals surface area (Å²) in [5.41, 5.74) is 0. The van der Waals surface area contributed by atoms with Crippen LogP contribution in [-0.4, -0.2) is 6.29 Å². The molecule has 0 aromatic carbocycles. The number of unbranched alkanes of at least 4 members (excludes halogenated alkanes) is 5. The van der Waals surface area contributed by atoms with Crippen molar-refractivity contribution in [2.75, 3.05) is 0 Å². The Morgan fingerprint density at radius 1 is 1.10 bits per heavy atom. The first-order chi connectivity index (χ1) is 4.41. The van der Waals surface area contributed by atoms with Crippen LogP contribution in [0.15, 0.2) is 0 Å². The Morgan fingerprint density at radius 3 is 2.20 bits per heavy atom. The van der Waals surface area contributed by atoms with Crippen LogP contribution in [0.4, 0.5) is 0 Å². The largest absolute Gasteiger partial charge is 0.343 e. The number of rotatable bonds is 6. The van der Waals surface area contributed by atoms with Gasteiger partial charge in [0.05, 0.1) is 0 Å². The number of hydrogen-bond donors (Lipinski definition) is 0. The SMILES string of the molecule is [CH2-]CCCCCCC=O.[Pt]. The van der Waals surface area contributed by atoms with Gasteiger partial charge >= 0.3 is 0 Å². The van der Waals surface area contributed by atoms with Gasteiger partial charge in [-0.25, -0.2) is 0 Å². The minimum absolute atomic E-state index is 0. The monoisotopic (exact) mass is 322 g/mol. The molecule has 0 saturated heterocycles. The van der Waals surface area contributed by atoms with E-state index in [0.29, 0.717) is 0 Å². The number of hydrogen-bond acceptors (Lipinski definition) is 1. The number of carbonyl (C=O) groups excluding carboxylic acids is 1. The first kappa shape index (κ1) is 13.0. The molecule has 0 N–H and O–H groups in total. The van der Waals surface area contributed by atoms with Gasteiger partial charge in [0, 0.05) is 27.5 Å². The third-order valence-corrected chi connectivity index (χ3v) is 1.32. The zero-order chi connectivity index (χ0) is 6.95. The van der Waals surface area contributed by atoms with E-state index in [9.17, 15) is 4.79 Å². The third-order valence-electron chi connectivity index (χ3n) is 1.32. The Morgan fingerprint density at radius 2 is 1.70 bits per heavy atom. The molecule has 0 unspecified atom stereocenters. The van der Waals surface area contributed by atoms with E-state index in [-0.39, 0.29) is 21.1 Å². The van der Waals surface area contributed by atoms with Crippen LogP contribution < -0.4 is 0 Å². The minimum atomic E-state index is 0. The van der Waals surface area contributed by atoms with E-state index in [1.807, 2.05) is 0 Å². The van der Waals surface area contributed by atoms with Gasteiger partial charge < -0.3 is 11.7 Å². The molecule has 0 aliphatic carbocycles. The smallest absolute Gasteiger partial charge is 0.119 e. The summed E-state index contributed by atoms with van der Waals surface area (Å²) in [5, 5.41) is 0. The van der Waals surface area contributed by atoms with Crippen LogP contribution in [0, 0.1) is 6.92 Å². The molecule has 0 radical (unpaired) electrons. The van der Waals surface area contributed by atoms with Crippen molar-refractivity contribution in [2.45, 2.75) is 38.5 Å². The van der Waals surface area contributed by atoms with Crippen LogP contribution >= 0.6 is 0 Å². The zero-order valence-electron chi connectivity index (χ0n) is 6.25. The first-order valence-electron chi connectivity index (χ1n) is 3.64. The van der Waals surface area contributed by atoms with Gasteiger partial charge in [0.25, 0.3) is 0 Å². The fourth-order valence-electron chi connectivity index (χ4n) is 0.758. The van der Waals surface area contributed by atoms with Crippen LogP contribution in [0.5, 0.6) is 0 Å². The van der Waals surface area contributed by atoms with Crippen molar-refractivity contribution in [1.29, 1.82) is 0 Å². The molecule has 0 heterocycles. The Hall–Kier alpha value is 0.358. The molecule has 0 rings (SSSR count). The molecule has 10 heavy (non-hydrogen) atoms. The summed E-state index contributed by atoms with van der Waals surface area (Å²) < 4.78 is 0. The molecular formula is C8H15OPt-. The molecule has 2 heteroatoms. The van der Waals surface area contributed by atoms with Crippen LogP contribution in [0.25, 0.3) is 0 Å². The second-order valence-corrected chi connectivity index (χ2v) is 2.22. The summed E-state index contributed by atoms with van der Waals surface area (Å²) in [6.45, 7) is 3.73. The summed E-state index contributed by atoms with van der Waals surface area (Å²) in [6, 6.07) is 0. The number of aldehydes is 1. The summed E-state index contributed by atoms with van der Waals surface area (Å²) in [4.78, 5) is 9.83. The summed E-state index contributed by atoms with van der Waals surface area (Å²) in [6.07, 6.45) is 7.44. The molecule has 0 atom stereocenters. The van der Waals surface area contributed by atoms with Crippen molar-refractivity contribution in [2.24, 2.45) is 0 Å². The van der Waals surface area contributed by atoms with Crippen molar-refractivity contribution in [1.82, 2.24) is 0 Å². The van der Waals surface area contributed by atoms with Crippen LogP contribution in [0.2, 0.25) is 0 Å². The molecular weight excluding hydrogens is 307 g/mol. The fourth-order valence-corrected chi connectivity index (χ4v) is 0.758. The van der Waals surface area contributed by atoms with E-state index >= 15 is 0 Å². The van der Waals surface area contributed by atoms with Crippen LogP contribution in [0.3, 0.4) is 0 Å². The standard InChI is InChI=1S/C8H15O.Pt/c1-2-3-4-5-6-7-8-9;/h8H,1-7H2;/q-1;. The molecule has 0 aliphatic heterocycles.